The average molecular weight is 352 g/mol. The first-order valence-electron chi connectivity index (χ1n) is 9.12. The summed E-state index contributed by atoms with van der Waals surface area (Å²) in [5, 5.41) is 10.3. The van der Waals surface area contributed by atoms with E-state index in [1.807, 2.05) is 12.1 Å². The summed E-state index contributed by atoms with van der Waals surface area (Å²) < 4.78 is 11.3. The summed E-state index contributed by atoms with van der Waals surface area (Å²) in [5.74, 6) is 1.85. The van der Waals surface area contributed by atoms with Crippen LogP contribution in [0.4, 0.5) is 0 Å². The van der Waals surface area contributed by atoms with Crippen molar-refractivity contribution >= 4 is 11.6 Å². The van der Waals surface area contributed by atoms with Gasteiger partial charge >= 0.3 is 0 Å². The van der Waals surface area contributed by atoms with E-state index in [-0.39, 0.29) is 5.75 Å². The zero-order valence-electron chi connectivity index (χ0n) is 16.3. The minimum atomic E-state index is 0.211. The molecule has 2 aromatic rings. The maximum absolute atomic E-state index is 10.3. The van der Waals surface area contributed by atoms with E-state index in [4.69, 9.17) is 9.47 Å². The number of hydrogen-bond donors (Lipinski definition) is 1. The van der Waals surface area contributed by atoms with Crippen LogP contribution in [0.3, 0.4) is 0 Å². The van der Waals surface area contributed by atoms with Gasteiger partial charge < -0.3 is 14.6 Å². The highest BCUT2D eigenvalue weighted by Crippen LogP contribution is 2.39. The zero-order valence-corrected chi connectivity index (χ0v) is 16.3. The summed E-state index contributed by atoms with van der Waals surface area (Å²) in [6, 6.07) is 9.63. The van der Waals surface area contributed by atoms with Gasteiger partial charge in [0, 0.05) is 22.8 Å². The Kier molecular flexibility index (Phi) is 4.99. The van der Waals surface area contributed by atoms with Crippen molar-refractivity contribution in [3.8, 4) is 17.2 Å². The van der Waals surface area contributed by atoms with Gasteiger partial charge in [-0.25, -0.2) is 0 Å². The van der Waals surface area contributed by atoms with E-state index in [0.29, 0.717) is 17.8 Å². The minimum Gasteiger partial charge on any atom is -0.507 e. The number of methoxy groups -OCH3 is 1. The first-order chi connectivity index (χ1) is 12.3. The van der Waals surface area contributed by atoms with E-state index in [0.717, 1.165) is 35.3 Å². The summed E-state index contributed by atoms with van der Waals surface area (Å²) in [6.45, 7) is 9.41. The van der Waals surface area contributed by atoms with E-state index >= 15 is 0 Å². The third kappa shape index (κ3) is 3.87. The fourth-order valence-electron chi connectivity index (χ4n) is 3.28. The molecule has 138 valence electrons. The lowest BCUT2D eigenvalue weighted by atomic mass is 9.86. The van der Waals surface area contributed by atoms with Crippen molar-refractivity contribution in [3.63, 3.8) is 0 Å². The molecule has 3 heteroatoms. The predicted molar refractivity (Wildman–Crippen MR) is 107 cm³/mol. The lowest BCUT2D eigenvalue weighted by Crippen LogP contribution is -2.12. The van der Waals surface area contributed by atoms with Crippen LogP contribution in [0, 0.1) is 12.3 Å². The molecule has 1 aliphatic rings. The molecule has 0 amide bonds. The van der Waals surface area contributed by atoms with E-state index in [1.165, 1.54) is 11.1 Å². The van der Waals surface area contributed by atoms with Gasteiger partial charge in [-0.05, 0) is 54.5 Å². The molecule has 0 radical (unpaired) electrons. The second-order valence-corrected chi connectivity index (χ2v) is 8.18. The summed E-state index contributed by atoms with van der Waals surface area (Å²) in [4.78, 5) is 0. The van der Waals surface area contributed by atoms with Crippen molar-refractivity contribution in [1.29, 1.82) is 0 Å². The SMILES string of the molecule is COc1ccc(C2=Cc3ccc(C)c(CCC(C)(C)C)c3OC2)c(O)c1. The Labute approximate surface area is 156 Å². The van der Waals surface area contributed by atoms with E-state index in [2.05, 4.69) is 45.9 Å². The third-order valence-corrected chi connectivity index (χ3v) is 4.90. The van der Waals surface area contributed by atoms with Crippen molar-refractivity contribution < 1.29 is 14.6 Å². The number of aromatic hydroxyl groups is 1. The van der Waals surface area contributed by atoms with Crippen LogP contribution in [0.2, 0.25) is 0 Å². The van der Waals surface area contributed by atoms with Gasteiger partial charge in [0.2, 0.25) is 0 Å². The molecule has 1 aliphatic heterocycles. The van der Waals surface area contributed by atoms with Gasteiger partial charge in [-0.15, -0.1) is 0 Å². The van der Waals surface area contributed by atoms with Crippen LogP contribution in [0.1, 0.15) is 49.4 Å². The molecule has 2 aromatic carbocycles. The maximum Gasteiger partial charge on any atom is 0.130 e. The molecular weight excluding hydrogens is 324 g/mol. The van der Waals surface area contributed by atoms with Crippen molar-refractivity contribution in [2.75, 3.05) is 13.7 Å². The number of fused-ring (bicyclic) bond motifs is 1. The van der Waals surface area contributed by atoms with Crippen molar-refractivity contribution in [2.45, 2.75) is 40.5 Å². The molecule has 0 spiro atoms. The zero-order chi connectivity index (χ0) is 18.9. The molecule has 0 atom stereocenters. The summed E-state index contributed by atoms with van der Waals surface area (Å²) in [6.07, 6.45) is 4.25. The molecule has 3 nitrogen and oxygen atoms in total. The molecule has 0 aromatic heterocycles. The smallest absolute Gasteiger partial charge is 0.130 e. The number of phenolic OH excluding ortho intramolecular Hbond substituents is 1. The van der Waals surface area contributed by atoms with Crippen molar-refractivity contribution in [2.24, 2.45) is 5.41 Å². The Hall–Kier alpha value is -2.42. The van der Waals surface area contributed by atoms with Gasteiger partial charge in [-0.2, -0.15) is 0 Å². The highest BCUT2D eigenvalue weighted by atomic mass is 16.5. The van der Waals surface area contributed by atoms with Gasteiger partial charge in [0.05, 0.1) is 7.11 Å². The average Bonchev–Trinajstić information content (AvgIpc) is 2.59. The topological polar surface area (TPSA) is 38.7 Å². The van der Waals surface area contributed by atoms with Crippen LogP contribution < -0.4 is 9.47 Å². The Balaban J connectivity index is 1.95. The largest absolute Gasteiger partial charge is 0.507 e. The molecular formula is C23H28O3. The number of aryl methyl sites for hydroxylation is 1. The monoisotopic (exact) mass is 352 g/mol. The highest BCUT2D eigenvalue weighted by molar-refractivity contribution is 5.88. The van der Waals surface area contributed by atoms with E-state index in [1.54, 1.807) is 13.2 Å². The van der Waals surface area contributed by atoms with Crippen LogP contribution in [-0.4, -0.2) is 18.8 Å². The molecule has 0 fully saturated rings. The second-order valence-electron chi connectivity index (χ2n) is 8.18. The fourth-order valence-corrected chi connectivity index (χ4v) is 3.28. The number of hydrogen-bond acceptors (Lipinski definition) is 3. The molecule has 0 saturated carbocycles. The molecule has 0 unspecified atom stereocenters. The highest BCUT2D eigenvalue weighted by Gasteiger charge is 2.21. The fraction of sp³-hybridized carbons (Fsp3) is 0.391. The predicted octanol–water partition coefficient (Wildman–Crippen LogP) is 5.62. The summed E-state index contributed by atoms with van der Waals surface area (Å²) in [5.41, 5.74) is 5.70. The molecule has 3 rings (SSSR count). The summed E-state index contributed by atoms with van der Waals surface area (Å²) in [7, 11) is 1.59. The Morgan fingerprint density at radius 1 is 1.15 bits per heavy atom. The number of ether oxygens (including phenoxy) is 2. The minimum absolute atomic E-state index is 0.211. The molecule has 0 aliphatic carbocycles. The van der Waals surface area contributed by atoms with Crippen LogP contribution in [0.25, 0.3) is 11.6 Å². The number of rotatable bonds is 4. The van der Waals surface area contributed by atoms with Gasteiger partial charge in [-0.3, -0.25) is 0 Å². The first kappa shape index (κ1) is 18.4. The molecule has 26 heavy (non-hydrogen) atoms. The van der Waals surface area contributed by atoms with Crippen LogP contribution >= 0.6 is 0 Å². The van der Waals surface area contributed by atoms with E-state index in [9.17, 15) is 5.11 Å². The quantitative estimate of drug-likeness (QED) is 0.776. The number of benzene rings is 2. The number of phenols is 1. The van der Waals surface area contributed by atoms with Crippen LogP contribution in [0.5, 0.6) is 17.2 Å². The molecule has 0 saturated heterocycles. The molecule has 1 N–H and O–H groups in total. The van der Waals surface area contributed by atoms with Crippen LogP contribution in [0.15, 0.2) is 30.3 Å². The van der Waals surface area contributed by atoms with Gasteiger partial charge in [0.25, 0.3) is 0 Å². The normalized spacial score (nSPS) is 13.7. The lowest BCUT2D eigenvalue weighted by Gasteiger charge is -2.25. The van der Waals surface area contributed by atoms with Crippen LogP contribution in [-0.2, 0) is 6.42 Å². The standard InChI is InChI=1S/C23H28O3/c1-15-6-7-16-12-17(20-9-8-18(25-5)13-21(20)24)14-26-22(16)19(15)10-11-23(2,3)4/h6-9,12-13,24H,10-11,14H2,1-5H3. The lowest BCUT2D eigenvalue weighted by molar-refractivity contribution is 0.348. The van der Waals surface area contributed by atoms with Crippen molar-refractivity contribution in [3.05, 3.63) is 52.6 Å². The van der Waals surface area contributed by atoms with Gasteiger partial charge in [-0.1, -0.05) is 32.9 Å². The molecule has 1 heterocycles. The maximum atomic E-state index is 10.3. The first-order valence-corrected chi connectivity index (χ1v) is 9.12. The Morgan fingerprint density at radius 2 is 1.92 bits per heavy atom. The third-order valence-electron chi connectivity index (χ3n) is 4.90. The second kappa shape index (κ2) is 7.06. The Bertz CT molecular complexity index is 841. The molecule has 0 bridgehead atoms. The summed E-state index contributed by atoms with van der Waals surface area (Å²) >= 11 is 0. The van der Waals surface area contributed by atoms with Gasteiger partial charge in [0.15, 0.2) is 0 Å². The Morgan fingerprint density at radius 3 is 2.58 bits per heavy atom. The van der Waals surface area contributed by atoms with Crippen molar-refractivity contribution in [1.82, 2.24) is 0 Å². The van der Waals surface area contributed by atoms with E-state index < -0.39 is 0 Å². The van der Waals surface area contributed by atoms with Gasteiger partial charge in [0.1, 0.15) is 23.9 Å².